The number of halogens is 2. The third-order valence-corrected chi connectivity index (χ3v) is 5.53. The van der Waals surface area contributed by atoms with Gasteiger partial charge in [0, 0.05) is 18.7 Å². The van der Waals surface area contributed by atoms with Crippen molar-refractivity contribution < 1.29 is 18.7 Å². The summed E-state index contributed by atoms with van der Waals surface area (Å²) in [4.78, 5) is 14.6. The van der Waals surface area contributed by atoms with Crippen molar-refractivity contribution in [3.05, 3.63) is 59.4 Å². The van der Waals surface area contributed by atoms with Crippen molar-refractivity contribution >= 4 is 18.3 Å². The summed E-state index contributed by atoms with van der Waals surface area (Å²) in [5.74, 6) is 1.68. The van der Waals surface area contributed by atoms with E-state index in [0.29, 0.717) is 23.8 Å². The predicted molar refractivity (Wildman–Crippen MR) is 118 cm³/mol. The first-order valence-corrected chi connectivity index (χ1v) is 10.1. The van der Waals surface area contributed by atoms with Crippen LogP contribution in [0, 0.1) is 11.7 Å². The van der Waals surface area contributed by atoms with E-state index in [9.17, 15) is 9.18 Å². The highest BCUT2D eigenvalue weighted by Gasteiger charge is 2.20. The van der Waals surface area contributed by atoms with Crippen LogP contribution in [0.4, 0.5) is 4.39 Å². The summed E-state index contributed by atoms with van der Waals surface area (Å²) in [6, 6.07) is 12.0. The van der Waals surface area contributed by atoms with E-state index in [1.165, 1.54) is 6.07 Å². The normalized spacial score (nSPS) is 14.6. The number of nitrogens with one attached hydrogen (secondary N) is 1. The molecule has 1 amide bonds. The van der Waals surface area contributed by atoms with Crippen LogP contribution in [0.5, 0.6) is 11.5 Å². The molecule has 7 heteroatoms. The molecule has 0 unspecified atom stereocenters. The Morgan fingerprint density at radius 1 is 1.07 bits per heavy atom. The number of carbonyl (C=O) groups excluding carboxylic acids is 1. The second-order valence-corrected chi connectivity index (χ2v) is 7.43. The number of rotatable bonds is 8. The molecule has 1 N–H and O–H groups in total. The van der Waals surface area contributed by atoms with Gasteiger partial charge in [-0.15, -0.1) is 12.4 Å². The molecule has 3 rings (SSSR count). The zero-order valence-electron chi connectivity index (χ0n) is 17.5. The molecule has 0 aliphatic carbocycles. The lowest BCUT2D eigenvalue weighted by Crippen LogP contribution is -2.40. The monoisotopic (exact) mass is 436 g/mol. The van der Waals surface area contributed by atoms with Gasteiger partial charge in [0.1, 0.15) is 17.3 Å². The summed E-state index contributed by atoms with van der Waals surface area (Å²) >= 11 is 0. The van der Waals surface area contributed by atoms with Crippen molar-refractivity contribution in [2.45, 2.75) is 19.3 Å². The molecule has 1 heterocycles. The number of piperidine rings is 1. The number of carbonyl (C=O) groups is 1. The summed E-state index contributed by atoms with van der Waals surface area (Å²) in [6.45, 7) is 3.37. The first-order chi connectivity index (χ1) is 14.1. The van der Waals surface area contributed by atoms with Crippen LogP contribution in [0.25, 0.3) is 0 Å². The number of nitrogens with zero attached hydrogens (tertiary/aromatic N) is 1. The number of hydrogen-bond donors (Lipinski definition) is 1. The van der Waals surface area contributed by atoms with Crippen molar-refractivity contribution in [1.82, 2.24) is 10.2 Å². The van der Waals surface area contributed by atoms with Crippen molar-refractivity contribution in [1.29, 1.82) is 0 Å². The molecule has 0 bridgehead atoms. The second-order valence-electron chi connectivity index (χ2n) is 7.43. The lowest BCUT2D eigenvalue weighted by atomic mass is 9.90. The van der Waals surface area contributed by atoms with Gasteiger partial charge in [0.2, 0.25) is 0 Å². The van der Waals surface area contributed by atoms with Gasteiger partial charge < -0.3 is 19.7 Å². The SMILES string of the molecule is COc1ccc(C(=O)NCCN2CCC(Cc3cc(OC)ccc3F)CC2)cc1.Cl. The van der Waals surface area contributed by atoms with Crippen LogP contribution in [-0.4, -0.2) is 51.2 Å². The predicted octanol–water partition coefficient (Wildman–Crippen LogP) is 3.95. The Hall–Kier alpha value is -2.31. The van der Waals surface area contributed by atoms with E-state index in [1.54, 1.807) is 50.6 Å². The van der Waals surface area contributed by atoms with Crippen LogP contribution in [0.15, 0.2) is 42.5 Å². The Morgan fingerprint density at radius 3 is 2.33 bits per heavy atom. The zero-order valence-corrected chi connectivity index (χ0v) is 18.3. The molecule has 0 radical (unpaired) electrons. The largest absolute Gasteiger partial charge is 0.497 e. The molecule has 0 aromatic heterocycles. The van der Waals surface area contributed by atoms with Gasteiger partial charge in [0.05, 0.1) is 14.2 Å². The number of amides is 1. The van der Waals surface area contributed by atoms with Crippen molar-refractivity contribution in [2.75, 3.05) is 40.4 Å². The molecule has 5 nitrogen and oxygen atoms in total. The first kappa shape index (κ1) is 24.0. The Labute approximate surface area is 184 Å². The highest BCUT2D eigenvalue weighted by molar-refractivity contribution is 5.94. The maximum atomic E-state index is 14.0. The van der Waals surface area contributed by atoms with Crippen LogP contribution in [0.1, 0.15) is 28.8 Å². The summed E-state index contributed by atoms with van der Waals surface area (Å²) in [6.07, 6.45) is 2.80. The molecular weight excluding hydrogens is 407 g/mol. The van der Waals surface area contributed by atoms with Gasteiger partial charge in [-0.2, -0.15) is 0 Å². The standard InChI is InChI=1S/C23H29FN2O3.ClH/c1-28-20-5-3-18(4-6-20)23(27)25-11-14-26-12-9-17(10-13-26)15-19-16-21(29-2)7-8-22(19)24;/h3-8,16-17H,9-15H2,1-2H3,(H,25,27);1H. The third kappa shape index (κ3) is 6.61. The summed E-state index contributed by atoms with van der Waals surface area (Å²) in [5, 5.41) is 2.97. The van der Waals surface area contributed by atoms with E-state index in [-0.39, 0.29) is 24.1 Å². The molecule has 164 valence electrons. The van der Waals surface area contributed by atoms with Gasteiger partial charge in [-0.25, -0.2) is 4.39 Å². The smallest absolute Gasteiger partial charge is 0.251 e. The van der Waals surface area contributed by atoms with Crippen molar-refractivity contribution in [2.24, 2.45) is 5.92 Å². The highest BCUT2D eigenvalue weighted by atomic mass is 35.5. The van der Waals surface area contributed by atoms with Gasteiger partial charge in [-0.1, -0.05) is 0 Å². The third-order valence-electron chi connectivity index (χ3n) is 5.53. The Balaban J connectivity index is 0.00000320. The van der Waals surface area contributed by atoms with Gasteiger partial charge in [-0.05, 0) is 86.3 Å². The van der Waals surface area contributed by atoms with Crippen molar-refractivity contribution in [3.63, 3.8) is 0 Å². The fourth-order valence-electron chi connectivity index (χ4n) is 3.73. The molecule has 0 spiro atoms. The molecule has 0 saturated carbocycles. The average Bonchev–Trinajstić information content (AvgIpc) is 2.76. The summed E-state index contributed by atoms with van der Waals surface area (Å²) in [5.41, 5.74) is 1.36. The van der Waals surface area contributed by atoms with Crippen LogP contribution < -0.4 is 14.8 Å². The van der Waals surface area contributed by atoms with E-state index in [2.05, 4.69) is 10.2 Å². The topological polar surface area (TPSA) is 50.8 Å². The molecule has 2 aromatic rings. The number of ether oxygens (including phenoxy) is 2. The molecule has 1 saturated heterocycles. The first-order valence-electron chi connectivity index (χ1n) is 10.1. The maximum absolute atomic E-state index is 14.0. The lowest BCUT2D eigenvalue weighted by molar-refractivity contribution is 0.0944. The number of likely N-dealkylation sites (tertiary alicyclic amines) is 1. The number of methoxy groups -OCH3 is 2. The van der Waals surface area contributed by atoms with Gasteiger partial charge >= 0.3 is 0 Å². The van der Waals surface area contributed by atoms with Gasteiger partial charge in [-0.3, -0.25) is 4.79 Å². The second kappa shape index (κ2) is 11.8. The van der Waals surface area contributed by atoms with Crippen LogP contribution >= 0.6 is 12.4 Å². The molecule has 30 heavy (non-hydrogen) atoms. The van der Waals surface area contributed by atoms with Gasteiger partial charge in [0.25, 0.3) is 5.91 Å². The Morgan fingerprint density at radius 2 is 1.70 bits per heavy atom. The molecule has 1 aliphatic rings. The minimum Gasteiger partial charge on any atom is -0.497 e. The van der Waals surface area contributed by atoms with Crippen LogP contribution in [-0.2, 0) is 6.42 Å². The van der Waals surface area contributed by atoms with Gasteiger partial charge in [0.15, 0.2) is 0 Å². The van der Waals surface area contributed by atoms with E-state index in [4.69, 9.17) is 9.47 Å². The van der Waals surface area contributed by atoms with E-state index < -0.39 is 0 Å². The number of hydrogen-bond acceptors (Lipinski definition) is 4. The Bertz CT molecular complexity index is 809. The van der Waals surface area contributed by atoms with Crippen LogP contribution in [0.2, 0.25) is 0 Å². The molecule has 1 fully saturated rings. The van der Waals surface area contributed by atoms with Crippen LogP contribution in [0.3, 0.4) is 0 Å². The molecule has 0 atom stereocenters. The minimum absolute atomic E-state index is 0. The molecular formula is C23H30ClFN2O3. The quantitative estimate of drug-likeness (QED) is 0.680. The van der Waals surface area contributed by atoms with E-state index >= 15 is 0 Å². The van der Waals surface area contributed by atoms with E-state index in [1.807, 2.05) is 0 Å². The lowest BCUT2D eigenvalue weighted by Gasteiger charge is -2.32. The van der Waals surface area contributed by atoms with E-state index in [0.717, 1.165) is 50.2 Å². The fraction of sp³-hybridized carbons (Fsp3) is 0.435. The summed E-state index contributed by atoms with van der Waals surface area (Å²) in [7, 11) is 3.20. The fourth-order valence-corrected chi connectivity index (χ4v) is 3.73. The zero-order chi connectivity index (χ0) is 20.6. The number of benzene rings is 2. The minimum atomic E-state index is -0.158. The van der Waals surface area contributed by atoms with Crippen molar-refractivity contribution in [3.8, 4) is 11.5 Å². The maximum Gasteiger partial charge on any atom is 0.251 e. The highest BCUT2D eigenvalue weighted by Crippen LogP contribution is 2.25. The average molecular weight is 437 g/mol. The summed E-state index contributed by atoms with van der Waals surface area (Å²) < 4.78 is 24.4. The Kier molecular flexibility index (Phi) is 9.40. The molecule has 1 aliphatic heterocycles. The molecule has 2 aromatic carbocycles.